The molecule has 0 saturated carbocycles. The first kappa shape index (κ1) is 7.56. The summed E-state index contributed by atoms with van der Waals surface area (Å²) in [5.74, 6) is 0.424. The molecule has 1 aliphatic heterocycles. The summed E-state index contributed by atoms with van der Waals surface area (Å²) in [5, 5.41) is 8.39. The summed E-state index contributed by atoms with van der Waals surface area (Å²) < 4.78 is 5.42. The minimum Gasteiger partial charge on any atom is -0.378 e. The predicted octanol–water partition coefficient (Wildman–Crippen LogP) is 1.72. The van der Waals surface area contributed by atoms with E-state index in [0.717, 1.165) is 13.0 Å². The van der Waals surface area contributed by atoms with E-state index < -0.39 is 0 Å². The number of rotatable bonds is 2. The van der Waals surface area contributed by atoms with E-state index in [2.05, 4.69) is 13.0 Å². The fourth-order valence-corrected chi connectivity index (χ4v) is 1.33. The molecule has 2 heteroatoms. The first-order valence-corrected chi connectivity index (χ1v) is 3.83. The zero-order chi connectivity index (χ0) is 7.40. The lowest BCUT2D eigenvalue weighted by molar-refractivity contribution is 0.0710. The lowest BCUT2D eigenvalue weighted by Crippen LogP contribution is -2.15. The summed E-state index contributed by atoms with van der Waals surface area (Å²) in [6, 6.07) is 2.16. The Morgan fingerprint density at radius 1 is 1.80 bits per heavy atom. The third-order valence-corrected chi connectivity index (χ3v) is 2.01. The quantitative estimate of drug-likeness (QED) is 0.583. The van der Waals surface area contributed by atoms with Crippen molar-refractivity contribution in [1.82, 2.24) is 0 Å². The van der Waals surface area contributed by atoms with Crippen molar-refractivity contribution in [1.29, 1.82) is 5.26 Å². The van der Waals surface area contributed by atoms with E-state index in [1.54, 1.807) is 0 Å². The maximum Gasteiger partial charge on any atom is 0.0625 e. The lowest BCUT2D eigenvalue weighted by Gasteiger charge is -2.14. The van der Waals surface area contributed by atoms with Crippen LogP contribution in [0.25, 0.3) is 0 Å². The molecule has 0 aromatic carbocycles. The van der Waals surface area contributed by atoms with Gasteiger partial charge < -0.3 is 4.74 Å². The fourth-order valence-electron chi connectivity index (χ4n) is 1.33. The number of ether oxygens (including phenoxy) is 1. The topological polar surface area (TPSA) is 33.0 Å². The summed E-state index contributed by atoms with van der Waals surface area (Å²) in [6.07, 6.45) is 3.30. The van der Waals surface area contributed by atoms with E-state index in [1.165, 1.54) is 6.42 Å². The van der Waals surface area contributed by atoms with Crippen LogP contribution in [-0.4, -0.2) is 12.7 Å². The van der Waals surface area contributed by atoms with Crippen molar-refractivity contribution >= 4 is 0 Å². The third-order valence-electron chi connectivity index (χ3n) is 2.01. The second kappa shape index (κ2) is 3.58. The van der Waals surface area contributed by atoms with Crippen LogP contribution >= 0.6 is 0 Å². The second-order valence-electron chi connectivity index (χ2n) is 2.89. The Morgan fingerprint density at radius 3 is 3.10 bits per heavy atom. The van der Waals surface area contributed by atoms with Crippen LogP contribution in [0, 0.1) is 17.2 Å². The van der Waals surface area contributed by atoms with Crippen LogP contribution in [0.5, 0.6) is 0 Å². The molecule has 1 rings (SSSR count). The average molecular weight is 139 g/mol. The second-order valence-corrected chi connectivity index (χ2v) is 2.89. The number of nitriles is 1. The fraction of sp³-hybridized carbons (Fsp3) is 0.875. The van der Waals surface area contributed by atoms with Crippen LogP contribution in [0.1, 0.15) is 26.2 Å². The van der Waals surface area contributed by atoms with Gasteiger partial charge in [0.15, 0.2) is 0 Å². The van der Waals surface area contributed by atoms with Crippen LogP contribution < -0.4 is 0 Å². The molecule has 1 aliphatic rings. The highest BCUT2D eigenvalue weighted by Crippen LogP contribution is 2.21. The molecule has 0 N–H and O–H groups in total. The molecule has 0 spiro atoms. The molecule has 0 aliphatic carbocycles. The van der Waals surface area contributed by atoms with Crippen LogP contribution in [0.4, 0.5) is 0 Å². The molecule has 2 atom stereocenters. The molecule has 0 amide bonds. The summed E-state index contributed by atoms with van der Waals surface area (Å²) in [6.45, 7) is 2.97. The Kier molecular flexibility index (Phi) is 2.70. The highest BCUT2D eigenvalue weighted by Gasteiger charge is 2.21. The molecule has 0 aromatic rings. The van der Waals surface area contributed by atoms with Gasteiger partial charge >= 0.3 is 0 Å². The van der Waals surface area contributed by atoms with Crippen LogP contribution in [0.15, 0.2) is 0 Å². The maximum absolute atomic E-state index is 8.39. The van der Waals surface area contributed by atoms with E-state index in [9.17, 15) is 0 Å². The largest absolute Gasteiger partial charge is 0.378 e. The van der Waals surface area contributed by atoms with Gasteiger partial charge in [-0.1, -0.05) is 6.92 Å². The molecular weight excluding hydrogens is 126 g/mol. The van der Waals surface area contributed by atoms with E-state index in [0.29, 0.717) is 18.4 Å². The van der Waals surface area contributed by atoms with Gasteiger partial charge in [-0.2, -0.15) is 5.26 Å². The van der Waals surface area contributed by atoms with Crippen LogP contribution in [0.3, 0.4) is 0 Å². The van der Waals surface area contributed by atoms with E-state index in [4.69, 9.17) is 10.00 Å². The van der Waals surface area contributed by atoms with Gasteiger partial charge in [0.2, 0.25) is 0 Å². The van der Waals surface area contributed by atoms with Gasteiger partial charge in [0.1, 0.15) is 0 Å². The highest BCUT2D eigenvalue weighted by molar-refractivity contribution is 4.80. The molecule has 2 nitrogen and oxygen atoms in total. The van der Waals surface area contributed by atoms with Crippen molar-refractivity contribution in [3.63, 3.8) is 0 Å². The highest BCUT2D eigenvalue weighted by atomic mass is 16.5. The minimum absolute atomic E-state index is 0.361. The van der Waals surface area contributed by atoms with Crippen LogP contribution in [-0.2, 0) is 4.74 Å². The Hall–Kier alpha value is -0.550. The zero-order valence-electron chi connectivity index (χ0n) is 6.34. The number of hydrogen-bond donors (Lipinski definition) is 0. The molecule has 0 radical (unpaired) electrons. The van der Waals surface area contributed by atoms with Crippen molar-refractivity contribution in [3.8, 4) is 6.07 Å². The number of hydrogen-bond acceptors (Lipinski definition) is 2. The standard InChI is InChI=1S/C8H13NO/c1-7(4-5-9)8-3-2-6-10-8/h7-8H,2-4,6H2,1H3. The molecule has 0 aromatic heterocycles. The van der Waals surface area contributed by atoms with Gasteiger partial charge in [-0.15, -0.1) is 0 Å². The van der Waals surface area contributed by atoms with Crippen molar-refractivity contribution in [2.24, 2.45) is 5.92 Å². The molecule has 0 bridgehead atoms. The predicted molar refractivity (Wildman–Crippen MR) is 38.4 cm³/mol. The van der Waals surface area contributed by atoms with E-state index in [-0.39, 0.29) is 0 Å². The van der Waals surface area contributed by atoms with Gasteiger partial charge in [-0.05, 0) is 18.8 Å². The first-order chi connectivity index (χ1) is 4.84. The summed E-state index contributed by atoms with van der Waals surface area (Å²) in [4.78, 5) is 0. The molecule has 10 heavy (non-hydrogen) atoms. The van der Waals surface area contributed by atoms with E-state index in [1.807, 2.05) is 0 Å². The van der Waals surface area contributed by atoms with Crippen molar-refractivity contribution < 1.29 is 4.74 Å². The molecule has 1 heterocycles. The van der Waals surface area contributed by atoms with Gasteiger partial charge in [-0.25, -0.2) is 0 Å². The van der Waals surface area contributed by atoms with E-state index >= 15 is 0 Å². The molecule has 1 fully saturated rings. The lowest BCUT2D eigenvalue weighted by atomic mass is 10.00. The third kappa shape index (κ3) is 1.71. The monoisotopic (exact) mass is 139 g/mol. The van der Waals surface area contributed by atoms with Gasteiger partial charge in [0.05, 0.1) is 12.2 Å². The smallest absolute Gasteiger partial charge is 0.0625 e. The molecule has 1 saturated heterocycles. The SMILES string of the molecule is CC(CC#N)C1CCCO1. The Morgan fingerprint density at radius 2 is 2.60 bits per heavy atom. The minimum atomic E-state index is 0.361. The normalized spacial score (nSPS) is 27.8. The molecular formula is C8H13NO. The first-order valence-electron chi connectivity index (χ1n) is 3.83. The Labute approximate surface area is 61.8 Å². The summed E-state index contributed by atoms with van der Waals surface area (Å²) >= 11 is 0. The summed E-state index contributed by atoms with van der Waals surface area (Å²) in [7, 11) is 0. The Balaban J connectivity index is 2.26. The number of nitrogens with zero attached hydrogens (tertiary/aromatic N) is 1. The molecule has 2 unspecified atom stereocenters. The van der Waals surface area contributed by atoms with Crippen molar-refractivity contribution in [2.45, 2.75) is 32.3 Å². The zero-order valence-corrected chi connectivity index (χ0v) is 6.34. The van der Waals surface area contributed by atoms with Crippen molar-refractivity contribution in [2.75, 3.05) is 6.61 Å². The van der Waals surface area contributed by atoms with Crippen molar-refractivity contribution in [3.05, 3.63) is 0 Å². The van der Waals surface area contributed by atoms with Gasteiger partial charge in [-0.3, -0.25) is 0 Å². The summed E-state index contributed by atoms with van der Waals surface area (Å²) in [5.41, 5.74) is 0. The van der Waals surface area contributed by atoms with Gasteiger partial charge in [0, 0.05) is 13.0 Å². The maximum atomic E-state index is 8.39. The average Bonchev–Trinajstić information content (AvgIpc) is 2.38. The molecule has 56 valence electrons. The van der Waals surface area contributed by atoms with Gasteiger partial charge in [0.25, 0.3) is 0 Å². The van der Waals surface area contributed by atoms with Crippen LogP contribution in [0.2, 0.25) is 0 Å². The Bertz CT molecular complexity index is 133.